The quantitative estimate of drug-likeness (QED) is 0.247. The number of ether oxygens (including phenoxy) is 1. The van der Waals surface area contributed by atoms with E-state index in [0.29, 0.717) is 46.9 Å². The first kappa shape index (κ1) is 20.6. The van der Waals surface area contributed by atoms with E-state index in [1.807, 2.05) is 0 Å². The van der Waals surface area contributed by atoms with Crippen LogP contribution in [0.15, 0.2) is 30.7 Å². The van der Waals surface area contributed by atoms with Crippen molar-refractivity contribution in [3.05, 3.63) is 47.1 Å². The first-order valence-electron chi connectivity index (χ1n) is 9.26. The van der Waals surface area contributed by atoms with E-state index < -0.39 is 34.1 Å². The molecule has 2 saturated heterocycles. The second kappa shape index (κ2) is 8.67. The molecule has 1 unspecified atom stereocenters. The molecule has 0 bridgehead atoms. The summed E-state index contributed by atoms with van der Waals surface area (Å²) in [4.78, 5) is 44.0. The van der Waals surface area contributed by atoms with E-state index in [1.54, 1.807) is 19.5 Å². The van der Waals surface area contributed by atoms with Crippen LogP contribution >= 0.6 is 27.4 Å². The van der Waals surface area contributed by atoms with Crippen LogP contribution in [-0.4, -0.2) is 69.9 Å². The average Bonchev–Trinajstić information content (AvgIpc) is 3.54. The van der Waals surface area contributed by atoms with Crippen LogP contribution in [0.4, 0.5) is 10.6 Å². The molecule has 2 aromatic heterocycles. The third-order valence-electron chi connectivity index (χ3n) is 4.96. The Kier molecular flexibility index (Phi) is 5.94. The van der Waals surface area contributed by atoms with Crippen molar-refractivity contribution in [2.24, 2.45) is 0 Å². The van der Waals surface area contributed by atoms with Crippen LogP contribution in [0.1, 0.15) is 22.4 Å². The average molecular weight is 656 g/mol. The summed E-state index contributed by atoms with van der Waals surface area (Å²) in [6.07, 6.45) is 2.90. The number of aromatic nitrogens is 3. The molecule has 5 heterocycles. The van der Waals surface area contributed by atoms with Gasteiger partial charge in [-0.05, 0) is 0 Å². The fourth-order valence-electron chi connectivity index (χ4n) is 3.37. The van der Waals surface area contributed by atoms with Gasteiger partial charge in [0, 0.05) is 0 Å². The van der Waals surface area contributed by atoms with Crippen molar-refractivity contribution in [1.29, 1.82) is 0 Å². The van der Waals surface area contributed by atoms with E-state index in [-0.39, 0.29) is 5.69 Å². The number of carbonyl (C=O) groups excluding carboxylic acids is 2. The van der Waals surface area contributed by atoms with Crippen molar-refractivity contribution in [2.45, 2.75) is 6.23 Å². The monoisotopic (exact) mass is 655 g/mol. The van der Waals surface area contributed by atoms with Crippen molar-refractivity contribution >= 4 is 45.3 Å². The molecular weight excluding hydrogens is 637 g/mol. The molecule has 160 valence electrons. The van der Waals surface area contributed by atoms with Gasteiger partial charge in [0.05, 0.1) is 5.02 Å². The molecule has 2 fully saturated rings. The van der Waals surface area contributed by atoms with Crippen LogP contribution in [0, 0.1) is 0 Å². The molecule has 3 aliphatic heterocycles. The molecule has 1 atom stereocenters. The summed E-state index contributed by atoms with van der Waals surface area (Å²) < 4.78 is 8.68. The van der Waals surface area contributed by atoms with Gasteiger partial charge in [0.1, 0.15) is 0 Å². The zero-order chi connectivity index (χ0) is 20.7. The van der Waals surface area contributed by atoms with Gasteiger partial charge in [-0.1, -0.05) is 11.6 Å². The molecule has 0 saturated carbocycles. The summed E-state index contributed by atoms with van der Waals surface area (Å²) >= 11 is 6.04. The van der Waals surface area contributed by atoms with Gasteiger partial charge < -0.3 is 0 Å². The van der Waals surface area contributed by atoms with Gasteiger partial charge in [-0.3, -0.25) is 0 Å². The Morgan fingerprint density at radius 2 is 1.97 bits per heavy atom. The van der Waals surface area contributed by atoms with Crippen molar-refractivity contribution in [3.8, 4) is 0 Å². The van der Waals surface area contributed by atoms with Crippen molar-refractivity contribution in [3.63, 3.8) is 0 Å². The van der Waals surface area contributed by atoms with Crippen LogP contribution in [0.25, 0.3) is 0 Å². The standard InChI is InChI=1S/C18H18ClI2N6O3/c19-12-1-2-13(24-9-12)27-16(28)14-15(23-4-3-22-14)17(27)30-18(29)26-7-5-25(6-8-26)11-21-10-20-21/h1-4,9,17H,5-8,10-11H2/q-1. The number of halogens is 3. The SMILES string of the molecule is O=C(OC1c2nccnc2C(=O)N1c1ccc(Cl)cn1)N1CCN(CI2C[I-]2)CC1. The van der Waals surface area contributed by atoms with Gasteiger partial charge in [-0.25, -0.2) is 0 Å². The molecule has 30 heavy (non-hydrogen) atoms. The van der Waals surface area contributed by atoms with Crippen molar-refractivity contribution < 1.29 is 31.6 Å². The summed E-state index contributed by atoms with van der Waals surface area (Å²) in [6.45, 7) is 3.03. The Morgan fingerprint density at radius 1 is 1.20 bits per heavy atom. The molecule has 0 aromatic carbocycles. The number of fused-ring (bicyclic) bond motifs is 1. The Hall–Kier alpha value is -1.32. The molecule has 3 aliphatic rings. The zero-order valence-electron chi connectivity index (χ0n) is 15.7. The van der Waals surface area contributed by atoms with Crippen LogP contribution in [0.2, 0.25) is 5.02 Å². The molecule has 0 N–H and O–H groups in total. The summed E-state index contributed by atoms with van der Waals surface area (Å²) in [5.74, 6) is -0.0842. The molecule has 12 heteroatoms. The number of hydrogen-bond donors (Lipinski definition) is 0. The summed E-state index contributed by atoms with van der Waals surface area (Å²) in [5.41, 5.74) is 0.478. The van der Waals surface area contributed by atoms with Gasteiger partial charge in [0.25, 0.3) is 0 Å². The number of rotatable bonds is 4. The molecule has 2 amide bonds. The first-order valence-corrected chi connectivity index (χ1v) is 20.5. The summed E-state index contributed by atoms with van der Waals surface area (Å²) in [5, 5.41) is 0.447. The minimum atomic E-state index is -1.01. The third kappa shape index (κ3) is 4.21. The molecular formula is C18H18ClI2N6O3-. The Labute approximate surface area is 191 Å². The van der Waals surface area contributed by atoms with Gasteiger partial charge in [0.15, 0.2) is 0 Å². The number of carbonyl (C=O) groups is 2. The van der Waals surface area contributed by atoms with Crippen LogP contribution in [0.3, 0.4) is 0 Å². The maximum absolute atomic E-state index is 12.9. The van der Waals surface area contributed by atoms with E-state index >= 15 is 0 Å². The topological polar surface area (TPSA) is 91.8 Å². The predicted molar refractivity (Wildman–Crippen MR) is 114 cm³/mol. The fourth-order valence-corrected chi connectivity index (χ4v) is 18.6. The van der Waals surface area contributed by atoms with Crippen LogP contribution < -0.4 is 22.1 Å². The van der Waals surface area contributed by atoms with Gasteiger partial charge in [-0.2, -0.15) is 0 Å². The Balaban J connectivity index is 1.33. The number of piperazine rings is 1. The number of hydrogen-bond acceptors (Lipinski definition) is 7. The number of amides is 2. The van der Waals surface area contributed by atoms with Gasteiger partial charge >= 0.3 is 176 Å². The van der Waals surface area contributed by atoms with E-state index in [9.17, 15) is 9.59 Å². The normalized spacial score (nSPS) is 22.5. The molecule has 0 radical (unpaired) electrons. The van der Waals surface area contributed by atoms with Crippen LogP contribution in [0.5, 0.6) is 0 Å². The second-order valence-corrected chi connectivity index (χ2v) is 26.8. The second-order valence-electron chi connectivity index (χ2n) is 6.85. The Bertz CT molecular complexity index is 969. The van der Waals surface area contributed by atoms with E-state index in [0.717, 1.165) is 13.1 Å². The number of nitrogens with zero attached hydrogens (tertiary/aromatic N) is 6. The maximum atomic E-state index is 12.9. The molecule has 9 nitrogen and oxygen atoms in total. The van der Waals surface area contributed by atoms with Crippen molar-refractivity contribution in [2.75, 3.05) is 38.1 Å². The van der Waals surface area contributed by atoms with E-state index in [2.05, 4.69) is 19.9 Å². The van der Waals surface area contributed by atoms with E-state index in [4.69, 9.17) is 16.3 Å². The first-order chi connectivity index (χ1) is 14.6. The zero-order valence-corrected chi connectivity index (χ0v) is 20.8. The molecule has 2 aromatic rings. The van der Waals surface area contributed by atoms with Gasteiger partial charge in [-0.15, -0.1) is 0 Å². The minimum absolute atomic E-state index is 0.162. The fraction of sp³-hybridized carbons (Fsp3) is 0.389. The molecule has 0 spiro atoms. The third-order valence-corrected chi connectivity index (χ3v) is 19.3. The number of alkyl halides is 3. The summed E-state index contributed by atoms with van der Waals surface area (Å²) in [7, 11) is 0. The molecule has 5 rings (SSSR count). The summed E-state index contributed by atoms with van der Waals surface area (Å²) in [6, 6.07) is 3.24. The Morgan fingerprint density at radius 3 is 2.67 bits per heavy atom. The molecule has 0 aliphatic carbocycles. The van der Waals surface area contributed by atoms with E-state index in [1.165, 1.54) is 28.0 Å². The predicted octanol–water partition coefficient (Wildman–Crippen LogP) is -0.623. The number of anilines is 1. The number of pyridine rings is 1. The van der Waals surface area contributed by atoms with Gasteiger partial charge in [0.2, 0.25) is 0 Å². The van der Waals surface area contributed by atoms with Crippen molar-refractivity contribution in [1.82, 2.24) is 24.8 Å². The van der Waals surface area contributed by atoms with Crippen LogP contribution in [-0.2, 0) is 4.74 Å².